The molecular formula is C37H37N3O5S. The van der Waals surface area contributed by atoms with Crippen LogP contribution in [0, 0.1) is 11.8 Å². The lowest BCUT2D eigenvalue weighted by Crippen LogP contribution is -2.34. The van der Waals surface area contributed by atoms with E-state index in [0.29, 0.717) is 42.3 Å². The van der Waals surface area contributed by atoms with Gasteiger partial charge in [-0.05, 0) is 79.8 Å². The van der Waals surface area contributed by atoms with E-state index in [9.17, 15) is 14.4 Å². The molecule has 236 valence electrons. The van der Waals surface area contributed by atoms with Gasteiger partial charge in [-0.25, -0.2) is 0 Å². The molecule has 3 aromatic rings. The molecule has 5 rings (SSSR count). The lowest BCUT2D eigenvalue weighted by molar-refractivity contribution is -0.124. The van der Waals surface area contributed by atoms with E-state index in [1.807, 2.05) is 55.5 Å². The van der Waals surface area contributed by atoms with Crippen molar-refractivity contribution in [2.45, 2.75) is 43.2 Å². The van der Waals surface area contributed by atoms with Crippen molar-refractivity contribution < 1.29 is 23.9 Å². The smallest absolute Gasteiger partial charge is 0.248 e. The molecule has 0 aromatic heterocycles. The number of rotatable bonds is 11. The van der Waals surface area contributed by atoms with E-state index in [1.54, 1.807) is 36.3 Å². The van der Waals surface area contributed by atoms with Gasteiger partial charge < -0.3 is 20.5 Å². The monoisotopic (exact) mass is 635 g/mol. The van der Waals surface area contributed by atoms with Gasteiger partial charge in [-0.1, -0.05) is 54.3 Å². The Hall–Kier alpha value is -4.94. The number of nitrogens with zero attached hydrogens (tertiary/aromatic N) is 1. The van der Waals surface area contributed by atoms with E-state index in [0.717, 1.165) is 35.1 Å². The minimum atomic E-state index is -0.614. The van der Waals surface area contributed by atoms with Crippen LogP contribution >= 0.6 is 11.8 Å². The SMILES string of the molecule is CCOc1cc(CCNC(=O)C[C@H]2S[C@@H](c3ccc(C#CC4=CCCC=C4)cc3)N(c3cccc(C(N)=O)c3)C2=O)ccc1OC. The Morgan fingerprint density at radius 2 is 1.87 bits per heavy atom. The van der Waals surface area contributed by atoms with Crippen molar-refractivity contribution in [2.75, 3.05) is 25.2 Å². The number of methoxy groups -OCH3 is 1. The molecule has 0 unspecified atom stereocenters. The van der Waals surface area contributed by atoms with Gasteiger partial charge in [0.1, 0.15) is 5.37 Å². The molecule has 8 nitrogen and oxygen atoms in total. The molecule has 3 aromatic carbocycles. The van der Waals surface area contributed by atoms with Crippen LogP contribution in [-0.2, 0) is 16.0 Å². The van der Waals surface area contributed by atoms with Crippen molar-refractivity contribution in [2.24, 2.45) is 5.73 Å². The second-order valence-electron chi connectivity index (χ2n) is 10.8. The zero-order valence-corrected chi connectivity index (χ0v) is 26.8. The molecule has 1 aliphatic carbocycles. The Bertz CT molecular complexity index is 1720. The lowest BCUT2D eigenvalue weighted by atomic mass is 10.1. The first kappa shape index (κ1) is 32.5. The fraction of sp³-hybridized carbons (Fsp3) is 0.270. The summed E-state index contributed by atoms with van der Waals surface area (Å²) in [7, 11) is 1.60. The van der Waals surface area contributed by atoms with Crippen LogP contribution in [0.4, 0.5) is 5.69 Å². The Morgan fingerprint density at radius 1 is 1.04 bits per heavy atom. The molecule has 1 fully saturated rings. The lowest BCUT2D eigenvalue weighted by Gasteiger charge is -2.24. The highest BCUT2D eigenvalue weighted by molar-refractivity contribution is 8.01. The molecule has 0 bridgehead atoms. The van der Waals surface area contributed by atoms with Gasteiger partial charge in [0.05, 0.1) is 19.0 Å². The normalized spacial score (nSPS) is 17.1. The number of allylic oxidation sites excluding steroid dienone is 4. The molecule has 0 saturated carbocycles. The van der Waals surface area contributed by atoms with Crippen molar-refractivity contribution in [3.63, 3.8) is 0 Å². The van der Waals surface area contributed by atoms with Crippen LogP contribution in [-0.4, -0.2) is 43.2 Å². The summed E-state index contributed by atoms with van der Waals surface area (Å²) in [6.07, 6.45) is 8.95. The van der Waals surface area contributed by atoms with Crippen LogP contribution in [0.1, 0.15) is 58.6 Å². The molecule has 1 saturated heterocycles. The minimum Gasteiger partial charge on any atom is -0.493 e. The second kappa shape index (κ2) is 15.4. The Labute approximate surface area is 274 Å². The maximum absolute atomic E-state index is 13.9. The van der Waals surface area contributed by atoms with E-state index in [2.05, 4.69) is 29.3 Å². The third-order valence-electron chi connectivity index (χ3n) is 7.63. The Morgan fingerprint density at radius 3 is 2.59 bits per heavy atom. The molecule has 3 amide bonds. The summed E-state index contributed by atoms with van der Waals surface area (Å²) in [5.41, 5.74) is 10.1. The second-order valence-corrected chi connectivity index (χ2v) is 12.1. The molecule has 9 heteroatoms. The summed E-state index contributed by atoms with van der Waals surface area (Å²) >= 11 is 1.42. The van der Waals surface area contributed by atoms with Gasteiger partial charge in [-0.2, -0.15) is 0 Å². The molecule has 1 heterocycles. The number of nitrogens with one attached hydrogen (secondary N) is 1. The van der Waals surface area contributed by atoms with Gasteiger partial charge in [0.15, 0.2) is 11.5 Å². The first-order valence-electron chi connectivity index (χ1n) is 15.3. The van der Waals surface area contributed by atoms with E-state index in [-0.39, 0.29) is 18.2 Å². The fourth-order valence-corrected chi connectivity index (χ4v) is 6.74. The largest absolute Gasteiger partial charge is 0.493 e. The zero-order valence-electron chi connectivity index (χ0n) is 26.0. The number of benzene rings is 3. The number of hydrogen-bond acceptors (Lipinski definition) is 6. The predicted octanol–water partition coefficient (Wildman–Crippen LogP) is 5.72. The van der Waals surface area contributed by atoms with E-state index in [4.69, 9.17) is 15.2 Å². The van der Waals surface area contributed by atoms with E-state index >= 15 is 0 Å². The predicted molar refractivity (Wildman–Crippen MR) is 182 cm³/mol. The van der Waals surface area contributed by atoms with Crippen molar-refractivity contribution >= 4 is 35.2 Å². The number of nitrogens with two attached hydrogens (primary N) is 1. The van der Waals surface area contributed by atoms with Crippen molar-refractivity contribution in [3.8, 4) is 23.3 Å². The first-order valence-corrected chi connectivity index (χ1v) is 16.2. The molecule has 0 spiro atoms. The van der Waals surface area contributed by atoms with Gasteiger partial charge in [0.25, 0.3) is 0 Å². The summed E-state index contributed by atoms with van der Waals surface area (Å²) in [5.74, 6) is 6.74. The van der Waals surface area contributed by atoms with Crippen LogP contribution in [0.5, 0.6) is 11.5 Å². The number of amides is 3. The van der Waals surface area contributed by atoms with Crippen LogP contribution in [0.25, 0.3) is 0 Å². The summed E-state index contributed by atoms with van der Waals surface area (Å²) in [5, 5.41) is 1.94. The van der Waals surface area contributed by atoms with Crippen LogP contribution in [0.2, 0.25) is 0 Å². The molecule has 1 aliphatic heterocycles. The highest BCUT2D eigenvalue weighted by atomic mass is 32.2. The first-order chi connectivity index (χ1) is 22.4. The van der Waals surface area contributed by atoms with E-state index in [1.165, 1.54) is 11.8 Å². The van der Waals surface area contributed by atoms with Crippen LogP contribution < -0.4 is 25.4 Å². The summed E-state index contributed by atoms with van der Waals surface area (Å²) in [6, 6.07) is 20.2. The molecule has 2 aliphatic rings. The zero-order chi connectivity index (χ0) is 32.5. The number of anilines is 1. The fourth-order valence-electron chi connectivity index (χ4n) is 5.29. The highest BCUT2D eigenvalue weighted by Crippen LogP contribution is 2.46. The van der Waals surface area contributed by atoms with Crippen LogP contribution in [0.15, 0.2) is 90.5 Å². The molecular weight excluding hydrogens is 598 g/mol. The Kier molecular flexibility index (Phi) is 10.8. The molecule has 0 radical (unpaired) electrons. The van der Waals surface area contributed by atoms with Gasteiger partial charge >= 0.3 is 0 Å². The topological polar surface area (TPSA) is 111 Å². The number of ether oxygens (including phenoxy) is 2. The number of carbonyl (C=O) groups excluding carboxylic acids is 3. The van der Waals surface area contributed by atoms with Gasteiger partial charge in [-0.15, -0.1) is 11.8 Å². The van der Waals surface area contributed by atoms with Crippen molar-refractivity contribution in [1.29, 1.82) is 0 Å². The number of carbonyl (C=O) groups is 3. The van der Waals surface area contributed by atoms with Gasteiger partial charge in [-0.3, -0.25) is 19.3 Å². The molecule has 3 N–H and O–H groups in total. The average Bonchev–Trinajstić information content (AvgIpc) is 3.39. The molecule has 46 heavy (non-hydrogen) atoms. The quantitative estimate of drug-likeness (QED) is 0.261. The highest BCUT2D eigenvalue weighted by Gasteiger charge is 2.42. The van der Waals surface area contributed by atoms with Gasteiger partial charge in [0, 0.05) is 35.4 Å². The Balaban J connectivity index is 1.29. The van der Waals surface area contributed by atoms with Gasteiger partial charge in [0.2, 0.25) is 17.7 Å². The maximum atomic E-state index is 13.9. The standard InChI is InChI=1S/C37H37N3O5S/c1-3-45-32-22-27(16-19-31(32)44-2)20-21-39-34(41)24-33-36(43)40(30-11-7-10-29(23-30)35(38)42)37(46-33)28-17-14-26(15-18-28)13-12-25-8-5-4-6-9-25/h5,7-11,14-19,22-23,33,37H,3-4,6,20-21,24H2,1-2H3,(H2,38,42)(H,39,41)/t33-,37+/m1/s1. The summed E-state index contributed by atoms with van der Waals surface area (Å²) < 4.78 is 11.0. The van der Waals surface area contributed by atoms with Crippen molar-refractivity contribution in [3.05, 3.63) is 113 Å². The maximum Gasteiger partial charge on any atom is 0.248 e. The summed E-state index contributed by atoms with van der Waals surface area (Å²) in [4.78, 5) is 40.5. The van der Waals surface area contributed by atoms with Crippen molar-refractivity contribution in [1.82, 2.24) is 5.32 Å². The molecule has 2 atom stereocenters. The number of thioether (sulfide) groups is 1. The third-order valence-corrected chi connectivity index (χ3v) is 9.06. The van der Waals surface area contributed by atoms with Crippen LogP contribution in [0.3, 0.4) is 0 Å². The third kappa shape index (κ3) is 8.01. The number of primary amides is 1. The minimum absolute atomic E-state index is 0.0189. The summed E-state index contributed by atoms with van der Waals surface area (Å²) in [6.45, 7) is 2.84. The van der Waals surface area contributed by atoms with E-state index < -0.39 is 16.5 Å². The number of hydrogen-bond donors (Lipinski definition) is 2. The average molecular weight is 636 g/mol.